The molecule has 120 valence electrons. The molecule has 0 radical (unpaired) electrons. The van der Waals surface area contributed by atoms with Gasteiger partial charge in [0.15, 0.2) is 0 Å². The molecule has 2 aromatic carbocycles. The van der Waals surface area contributed by atoms with Crippen LogP contribution in [0.4, 0.5) is 13.2 Å². The molecule has 0 aromatic heterocycles. The second-order valence-corrected chi connectivity index (χ2v) is 5.74. The summed E-state index contributed by atoms with van der Waals surface area (Å²) in [5.41, 5.74) is -0.243. The normalized spacial score (nSPS) is 15.3. The highest BCUT2D eigenvalue weighted by atomic mass is 19.1. The molecule has 0 N–H and O–H groups in total. The molecule has 2 aromatic rings. The minimum absolute atomic E-state index is 0.115. The van der Waals surface area contributed by atoms with Crippen molar-refractivity contribution in [3.63, 3.8) is 0 Å². The quantitative estimate of drug-likeness (QED) is 0.814. The predicted molar refractivity (Wildman–Crippen MR) is 80.4 cm³/mol. The molecule has 0 heterocycles. The number of amides is 1. The van der Waals surface area contributed by atoms with Crippen LogP contribution >= 0.6 is 0 Å². The van der Waals surface area contributed by atoms with Gasteiger partial charge in [-0.1, -0.05) is 24.3 Å². The van der Waals surface area contributed by atoms with Crippen molar-refractivity contribution in [1.29, 1.82) is 0 Å². The molecule has 1 unspecified atom stereocenters. The van der Waals surface area contributed by atoms with Crippen molar-refractivity contribution >= 4 is 5.91 Å². The number of halogens is 3. The van der Waals surface area contributed by atoms with Crippen LogP contribution in [-0.2, 0) is 0 Å². The van der Waals surface area contributed by atoms with Gasteiger partial charge in [0, 0.05) is 11.6 Å². The number of hydrogen-bond acceptors (Lipinski definition) is 1. The molecule has 1 aliphatic rings. The van der Waals surface area contributed by atoms with Gasteiger partial charge >= 0.3 is 0 Å². The largest absolute Gasteiger partial charge is 0.329 e. The monoisotopic (exact) mass is 319 g/mol. The average molecular weight is 319 g/mol. The van der Waals surface area contributed by atoms with Crippen LogP contribution in [0.5, 0.6) is 0 Å². The summed E-state index contributed by atoms with van der Waals surface area (Å²) in [7, 11) is 0. The van der Waals surface area contributed by atoms with Crippen molar-refractivity contribution in [2.24, 2.45) is 0 Å². The molecule has 0 aliphatic heterocycles. The van der Waals surface area contributed by atoms with E-state index in [2.05, 4.69) is 0 Å². The summed E-state index contributed by atoms with van der Waals surface area (Å²) in [6.07, 6.45) is 1.50. The number of hydrogen-bond donors (Lipinski definition) is 0. The fraction of sp³-hybridized carbons (Fsp3) is 0.278. The Morgan fingerprint density at radius 2 is 1.57 bits per heavy atom. The summed E-state index contributed by atoms with van der Waals surface area (Å²) in [5.74, 6) is -2.98. The average Bonchev–Trinajstić information content (AvgIpc) is 3.32. The van der Waals surface area contributed by atoms with Crippen LogP contribution in [0.3, 0.4) is 0 Å². The lowest BCUT2D eigenvalue weighted by Crippen LogP contribution is -2.37. The van der Waals surface area contributed by atoms with Gasteiger partial charge in [0.1, 0.15) is 23.0 Å². The molecule has 0 spiro atoms. The minimum atomic E-state index is -0.901. The minimum Gasteiger partial charge on any atom is -0.329 e. The number of rotatable bonds is 4. The van der Waals surface area contributed by atoms with Crippen LogP contribution in [0, 0.1) is 17.5 Å². The van der Waals surface area contributed by atoms with Gasteiger partial charge in [-0.05, 0) is 38.0 Å². The molecule has 5 heteroatoms. The number of nitrogens with zero attached hydrogens (tertiary/aromatic N) is 1. The molecule has 2 nitrogen and oxygen atoms in total. The van der Waals surface area contributed by atoms with E-state index in [1.807, 2.05) is 0 Å². The van der Waals surface area contributed by atoms with Crippen molar-refractivity contribution in [2.75, 3.05) is 0 Å². The molecule has 0 bridgehead atoms. The molecule has 23 heavy (non-hydrogen) atoms. The highest BCUT2D eigenvalue weighted by Crippen LogP contribution is 2.36. The lowest BCUT2D eigenvalue weighted by molar-refractivity contribution is 0.0661. The molecule has 0 saturated heterocycles. The maximum absolute atomic E-state index is 14.0. The van der Waals surface area contributed by atoms with E-state index >= 15 is 0 Å². The Hall–Kier alpha value is -2.30. The SMILES string of the molecule is CC(c1ccccc1F)N(C(=O)c1c(F)cccc1F)C1CC1. The van der Waals surface area contributed by atoms with Crippen LogP contribution in [0.25, 0.3) is 0 Å². The Morgan fingerprint density at radius 1 is 1.00 bits per heavy atom. The van der Waals surface area contributed by atoms with Crippen molar-refractivity contribution in [2.45, 2.75) is 31.8 Å². The maximum atomic E-state index is 14.0. The van der Waals surface area contributed by atoms with Crippen LogP contribution in [0.15, 0.2) is 42.5 Å². The second-order valence-electron chi connectivity index (χ2n) is 5.74. The fourth-order valence-corrected chi connectivity index (χ4v) is 2.81. The summed E-state index contributed by atoms with van der Waals surface area (Å²) < 4.78 is 41.9. The van der Waals surface area contributed by atoms with Crippen LogP contribution in [-0.4, -0.2) is 16.8 Å². The van der Waals surface area contributed by atoms with Gasteiger partial charge in [-0.15, -0.1) is 0 Å². The fourth-order valence-electron chi connectivity index (χ4n) is 2.81. The summed E-state index contributed by atoms with van der Waals surface area (Å²) in [5, 5.41) is 0. The Balaban J connectivity index is 1.99. The van der Waals surface area contributed by atoms with Gasteiger partial charge in [0.25, 0.3) is 5.91 Å². The van der Waals surface area contributed by atoms with Crippen molar-refractivity contribution in [1.82, 2.24) is 4.90 Å². The number of benzene rings is 2. The highest BCUT2D eigenvalue weighted by Gasteiger charge is 2.39. The van der Waals surface area contributed by atoms with Gasteiger partial charge in [-0.2, -0.15) is 0 Å². The smallest absolute Gasteiger partial charge is 0.260 e. The highest BCUT2D eigenvalue weighted by molar-refractivity contribution is 5.95. The molecule has 3 rings (SSSR count). The number of carbonyl (C=O) groups excluding carboxylic acids is 1. The summed E-state index contributed by atoms with van der Waals surface area (Å²) in [6, 6.07) is 8.73. The van der Waals surface area contributed by atoms with E-state index in [9.17, 15) is 18.0 Å². The van der Waals surface area contributed by atoms with Gasteiger partial charge < -0.3 is 4.90 Å². The topological polar surface area (TPSA) is 20.3 Å². The lowest BCUT2D eigenvalue weighted by Gasteiger charge is -2.30. The van der Waals surface area contributed by atoms with E-state index in [-0.39, 0.29) is 6.04 Å². The van der Waals surface area contributed by atoms with Gasteiger partial charge in [-0.25, -0.2) is 13.2 Å². The first kappa shape index (κ1) is 15.6. The van der Waals surface area contributed by atoms with Crippen molar-refractivity contribution in [3.05, 3.63) is 71.0 Å². The lowest BCUT2D eigenvalue weighted by atomic mass is 10.0. The van der Waals surface area contributed by atoms with Crippen molar-refractivity contribution in [3.8, 4) is 0 Å². The van der Waals surface area contributed by atoms with Crippen LogP contribution in [0.2, 0.25) is 0 Å². The van der Waals surface area contributed by atoms with Gasteiger partial charge in [-0.3, -0.25) is 4.79 Å². The van der Waals surface area contributed by atoms with Gasteiger partial charge in [0.2, 0.25) is 0 Å². The third-order valence-corrected chi connectivity index (χ3v) is 4.12. The van der Waals surface area contributed by atoms with Crippen LogP contribution in [0.1, 0.15) is 41.7 Å². The zero-order chi connectivity index (χ0) is 16.6. The molecule has 1 atom stereocenters. The van der Waals surface area contributed by atoms with E-state index in [1.165, 1.54) is 17.0 Å². The first-order valence-electron chi connectivity index (χ1n) is 7.51. The summed E-state index contributed by atoms with van der Waals surface area (Å²) >= 11 is 0. The van der Waals surface area contributed by atoms with E-state index in [0.717, 1.165) is 25.0 Å². The zero-order valence-corrected chi connectivity index (χ0v) is 12.6. The Morgan fingerprint density at radius 3 is 2.13 bits per heavy atom. The van der Waals surface area contributed by atoms with Gasteiger partial charge in [0.05, 0.1) is 6.04 Å². The molecule has 1 saturated carbocycles. The Kier molecular flexibility index (Phi) is 4.11. The summed E-state index contributed by atoms with van der Waals surface area (Å²) in [6.45, 7) is 1.67. The Labute approximate surface area is 132 Å². The third kappa shape index (κ3) is 2.96. The second kappa shape index (κ2) is 6.07. The Bertz CT molecular complexity index is 723. The standard InChI is InChI=1S/C18H16F3NO/c1-11(13-5-2-3-6-14(13)19)22(12-9-10-12)18(23)17-15(20)7-4-8-16(17)21/h2-8,11-12H,9-10H2,1H3. The van der Waals surface area contributed by atoms with E-state index in [4.69, 9.17) is 0 Å². The zero-order valence-electron chi connectivity index (χ0n) is 12.6. The maximum Gasteiger partial charge on any atom is 0.260 e. The molecular weight excluding hydrogens is 303 g/mol. The van der Waals surface area contributed by atoms with E-state index in [0.29, 0.717) is 5.56 Å². The molecule has 1 fully saturated rings. The third-order valence-electron chi connectivity index (χ3n) is 4.12. The van der Waals surface area contributed by atoms with E-state index < -0.39 is 35.0 Å². The molecular formula is C18H16F3NO. The van der Waals surface area contributed by atoms with Crippen molar-refractivity contribution < 1.29 is 18.0 Å². The predicted octanol–water partition coefficient (Wildman–Crippen LogP) is 4.47. The summed E-state index contributed by atoms with van der Waals surface area (Å²) in [4.78, 5) is 14.1. The molecule has 1 amide bonds. The first-order valence-corrected chi connectivity index (χ1v) is 7.51. The molecule has 1 aliphatic carbocycles. The number of carbonyl (C=O) groups is 1. The first-order chi connectivity index (χ1) is 11.0. The van der Waals surface area contributed by atoms with E-state index in [1.54, 1.807) is 25.1 Å². The van der Waals surface area contributed by atoms with Crippen LogP contribution < -0.4 is 0 Å².